The second-order valence-electron chi connectivity index (χ2n) is 6.01. The van der Waals surface area contributed by atoms with Crippen molar-refractivity contribution in [3.05, 3.63) is 34.9 Å². The Morgan fingerprint density at radius 3 is 2.53 bits per heavy atom. The molecule has 0 heterocycles. The summed E-state index contributed by atoms with van der Waals surface area (Å²) >= 11 is 0. The maximum absolute atomic E-state index is 12.4. The Morgan fingerprint density at radius 2 is 1.95 bits per heavy atom. The summed E-state index contributed by atoms with van der Waals surface area (Å²) in [4.78, 5) is 14.2. The lowest BCUT2D eigenvalue weighted by atomic mass is 9.87. The number of nitrogens with zero attached hydrogens (tertiary/aromatic N) is 1. The van der Waals surface area contributed by atoms with Gasteiger partial charge in [-0.05, 0) is 37.9 Å². The van der Waals surface area contributed by atoms with Gasteiger partial charge in [-0.15, -0.1) is 0 Å². The monoisotopic (exact) mass is 262 g/mol. The summed E-state index contributed by atoms with van der Waals surface area (Å²) in [6.07, 6.45) is 0.711. The van der Waals surface area contributed by atoms with Crippen molar-refractivity contribution in [1.29, 1.82) is 0 Å². The van der Waals surface area contributed by atoms with Crippen molar-refractivity contribution in [2.45, 2.75) is 40.7 Å². The Balaban J connectivity index is 2.82. The summed E-state index contributed by atoms with van der Waals surface area (Å²) in [7, 11) is 1.86. The molecule has 19 heavy (non-hydrogen) atoms. The summed E-state index contributed by atoms with van der Waals surface area (Å²) in [6.45, 7) is 9.27. The van der Waals surface area contributed by atoms with Gasteiger partial charge in [-0.3, -0.25) is 4.79 Å². The highest BCUT2D eigenvalue weighted by Crippen LogP contribution is 2.23. The average Bonchev–Trinajstić information content (AvgIpc) is 2.32. The maximum atomic E-state index is 12.4. The van der Waals surface area contributed by atoms with Gasteiger partial charge in [-0.2, -0.15) is 0 Å². The van der Waals surface area contributed by atoms with Crippen LogP contribution in [-0.2, 0) is 11.3 Å². The minimum absolute atomic E-state index is 0.152. The first-order valence-electron chi connectivity index (χ1n) is 6.79. The molecule has 2 N–H and O–H groups in total. The first kappa shape index (κ1) is 15.7. The number of aryl methyl sites for hydroxylation is 2. The highest BCUT2D eigenvalue weighted by Gasteiger charge is 2.29. The lowest BCUT2D eigenvalue weighted by Gasteiger charge is -2.29. The lowest BCUT2D eigenvalue weighted by Crippen LogP contribution is -2.39. The van der Waals surface area contributed by atoms with E-state index in [4.69, 9.17) is 5.73 Å². The highest BCUT2D eigenvalue weighted by molar-refractivity contribution is 5.81. The molecule has 1 aromatic carbocycles. The Morgan fingerprint density at radius 1 is 1.32 bits per heavy atom. The van der Waals surface area contributed by atoms with E-state index in [1.807, 2.05) is 20.9 Å². The summed E-state index contributed by atoms with van der Waals surface area (Å²) in [5.74, 6) is 0.152. The molecule has 0 aromatic heterocycles. The van der Waals surface area contributed by atoms with Crippen molar-refractivity contribution in [2.75, 3.05) is 13.6 Å². The van der Waals surface area contributed by atoms with Gasteiger partial charge in [0.1, 0.15) is 0 Å². The molecule has 1 amide bonds. The first-order valence-corrected chi connectivity index (χ1v) is 6.79. The minimum atomic E-state index is -0.388. The molecule has 0 aliphatic carbocycles. The van der Waals surface area contributed by atoms with Crippen LogP contribution in [0, 0.1) is 19.3 Å². The molecule has 0 unspecified atom stereocenters. The summed E-state index contributed by atoms with van der Waals surface area (Å²) in [5, 5.41) is 0. The number of benzene rings is 1. The van der Waals surface area contributed by atoms with Crippen LogP contribution in [0.3, 0.4) is 0 Å². The van der Waals surface area contributed by atoms with Crippen LogP contribution in [0.2, 0.25) is 0 Å². The van der Waals surface area contributed by atoms with Crippen molar-refractivity contribution < 1.29 is 4.79 Å². The summed E-state index contributed by atoms with van der Waals surface area (Å²) < 4.78 is 0. The van der Waals surface area contributed by atoms with Crippen LogP contribution in [0.25, 0.3) is 0 Å². The van der Waals surface area contributed by atoms with E-state index >= 15 is 0 Å². The fourth-order valence-electron chi connectivity index (χ4n) is 2.28. The molecule has 0 saturated heterocycles. The molecule has 0 fully saturated rings. The van der Waals surface area contributed by atoms with E-state index in [2.05, 4.69) is 32.0 Å². The van der Waals surface area contributed by atoms with Gasteiger partial charge in [-0.1, -0.05) is 37.6 Å². The van der Waals surface area contributed by atoms with Crippen molar-refractivity contribution in [2.24, 2.45) is 11.1 Å². The Labute approximate surface area is 116 Å². The smallest absolute Gasteiger partial charge is 0.228 e. The quantitative estimate of drug-likeness (QED) is 0.886. The van der Waals surface area contributed by atoms with Crippen LogP contribution >= 0.6 is 0 Å². The molecule has 106 valence electrons. The molecule has 0 aliphatic rings. The molecule has 0 spiro atoms. The third kappa shape index (κ3) is 4.06. The largest absolute Gasteiger partial charge is 0.341 e. The Hall–Kier alpha value is -1.35. The zero-order valence-electron chi connectivity index (χ0n) is 12.8. The molecule has 0 bridgehead atoms. The van der Waals surface area contributed by atoms with Gasteiger partial charge in [0, 0.05) is 19.0 Å². The molecule has 3 heteroatoms. The second kappa shape index (κ2) is 6.20. The van der Waals surface area contributed by atoms with Gasteiger partial charge in [-0.25, -0.2) is 0 Å². The number of rotatable bonds is 5. The molecule has 1 aromatic rings. The minimum Gasteiger partial charge on any atom is -0.341 e. The van der Waals surface area contributed by atoms with E-state index in [1.54, 1.807) is 4.90 Å². The van der Waals surface area contributed by atoms with Crippen molar-refractivity contribution in [3.8, 4) is 0 Å². The van der Waals surface area contributed by atoms with Gasteiger partial charge < -0.3 is 10.6 Å². The molecular formula is C16H26N2O. The predicted molar refractivity (Wildman–Crippen MR) is 79.8 cm³/mol. The molecule has 1 rings (SSSR count). The zero-order valence-corrected chi connectivity index (χ0v) is 12.8. The molecule has 0 saturated carbocycles. The van der Waals surface area contributed by atoms with E-state index in [0.717, 1.165) is 0 Å². The average molecular weight is 262 g/mol. The topological polar surface area (TPSA) is 46.3 Å². The highest BCUT2D eigenvalue weighted by atomic mass is 16.2. The number of carbonyl (C=O) groups is 1. The molecular weight excluding hydrogens is 236 g/mol. The Bertz CT molecular complexity index is 452. The van der Waals surface area contributed by atoms with Crippen LogP contribution in [0.15, 0.2) is 18.2 Å². The van der Waals surface area contributed by atoms with Crippen molar-refractivity contribution >= 4 is 5.91 Å². The van der Waals surface area contributed by atoms with Crippen LogP contribution in [-0.4, -0.2) is 24.4 Å². The van der Waals surface area contributed by atoms with Gasteiger partial charge in [0.15, 0.2) is 0 Å². The van der Waals surface area contributed by atoms with Gasteiger partial charge in [0.25, 0.3) is 0 Å². The summed E-state index contributed by atoms with van der Waals surface area (Å²) in [6, 6.07) is 6.35. The van der Waals surface area contributed by atoms with E-state index in [0.29, 0.717) is 19.5 Å². The van der Waals surface area contributed by atoms with Gasteiger partial charge >= 0.3 is 0 Å². The van der Waals surface area contributed by atoms with Crippen LogP contribution < -0.4 is 5.73 Å². The zero-order chi connectivity index (χ0) is 14.6. The summed E-state index contributed by atoms with van der Waals surface area (Å²) in [5.41, 5.74) is 8.85. The standard InChI is InChI=1S/C16H26N2O/c1-12-6-7-13(2)14(10-12)11-18(5)15(19)16(3,4)8-9-17/h6-7,10H,8-9,11,17H2,1-5H3. The SMILES string of the molecule is Cc1ccc(C)c(CN(C)C(=O)C(C)(C)CCN)c1. The molecule has 0 radical (unpaired) electrons. The number of amides is 1. The van der Waals surface area contributed by atoms with Crippen LogP contribution in [0.5, 0.6) is 0 Å². The number of carbonyl (C=O) groups excluding carboxylic acids is 1. The van der Waals surface area contributed by atoms with Gasteiger partial charge in [0.05, 0.1) is 0 Å². The number of hydrogen-bond donors (Lipinski definition) is 1. The maximum Gasteiger partial charge on any atom is 0.228 e. The van der Waals surface area contributed by atoms with Crippen LogP contribution in [0.4, 0.5) is 0 Å². The van der Waals surface area contributed by atoms with Crippen LogP contribution in [0.1, 0.15) is 37.0 Å². The fourth-order valence-corrected chi connectivity index (χ4v) is 2.28. The predicted octanol–water partition coefficient (Wildman–Crippen LogP) is 2.64. The van der Waals surface area contributed by atoms with E-state index in [1.165, 1.54) is 16.7 Å². The number of nitrogens with two attached hydrogens (primary N) is 1. The van der Waals surface area contributed by atoms with Gasteiger partial charge in [0.2, 0.25) is 5.91 Å². The number of hydrogen-bond acceptors (Lipinski definition) is 2. The molecule has 3 nitrogen and oxygen atoms in total. The molecule has 0 atom stereocenters. The third-order valence-corrected chi connectivity index (χ3v) is 3.61. The normalized spacial score (nSPS) is 11.5. The van der Waals surface area contributed by atoms with E-state index < -0.39 is 0 Å². The fraction of sp³-hybridized carbons (Fsp3) is 0.562. The molecule has 0 aliphatic heterocycles. The van der Waals surface area contributed by atoms with E-state index in [9.17, 15) is 4.79 Å². The second-order valence-corrected chi connectivity index (χ2v) is 6.01. The van der Waals surface area contributed by atoms with Crippen molar-refractivity contribution in [3.63, 3.8) is 0 Å². The third-order valence-electron chi connectivity index (χ3n) is 3.61. The lowest BCUT2D eigenvalue weighted by molar-refractivity contribution is -0.139. The van der Waals surface area contributed by atoms with E-state index in [-0.39, 0.29) is 11.3 Å². The van der Waals surface area contributed by atoms with Crippen molar-refractivity contribution in [1.82, 2.24) is 4.90 Å². The first-order chi connectivity index (χ1) is 8.77. The Kier molecular flexibility index (Phi) is 5.12.